The molecule has 1 amide bonds. The maximum absolute atomic E-state index is 13.2. The normalized spacial score (nSPS) is 16.7. The lowest BCUT2D eigenvalue weighted by Gasteiger charge is -2.24. The number of hydrogen-bond acceptors (Lipinski definition) is 3. The molecule has 1 aliphatic heterocycles. The van der Waals surface area contributed by atoms with Gasteiger partial charge in [0.15, 0.2) is 0 Å². The lowest BCUT2D eigenvalue weighted by molar-refractivity contribution is -0.137. The molecule has 0 fully saturated rings. The number of carbonyl (C=O) groups excluding carboxylic acids is 1. The van der Waals surface area contributed by atoms with Gasteiger partial charge in [0, 0.05) is 30.0 Å². The van der Waals surface area contributed by atoms with E-state index in [1.54, 1.807) is 6.07 Å². The molecule has 6 heteroatoms. The van der Waals surface area contributed by atoms with Crippen LogP contribution in [0.25, 0.3) is 0 Å². The highest BCUT2D eigenvalue weighted by Gasteiger charge is 2.35. The Morgan fingerprint density at radius 3 is 2.52 bits per heavy atom. The average molecular weight is 464 g/mol. The minimum Gasteiger partial charge on any atom is -0.487 e. The lowest BCUT2D eigenvalue weighted by Crippen LogP contribution is -2.37. The number of halogens is 1. The van der Waals surface area contributed by atoms with Crippen molar-refractivity contribution in [3.8, 4) is 5.75 Å². The number of hydrogen-bond donors (Lipinski definition) is 1. The zero-order valence-corrected chi connectivity index (χ0v) is 19.2. The molecule has 0 radical (unpaired) electrons. The van der Waals surface area contributed by atoms with E-state index >= 15 is 0 Å². The molecule has 0 aliphatic carbocycles. The number of nitrogens with zero attached hydrogens (tertiary/aromatic N) is 1. The van der Waals surface area contributed by atoms with Crippen molar-refractivity contribution < 1.29 is 19.4 Å². The molecule has 3 aromatic carbocycles. The van der Waals surface area contributed by atoms with Crippen molar-refractivity contribution in [1.82, 2.24) is 4.90 Å². The summed E-state index contributed by atoms with van der Waals surface area (Å²) >= 11 is 6.13. The molecule has 1 aliphatic rings. The summed E-state index contributed by atoms with van der Waals surface area (Å²) in [6.07, 6.45) is 1.93. The van der Waals surface area contributed by atoms with Gasteiger partial charge >= 0.3 is 5.97 Å². The highest BCUT2D eigenvalue weighted by molar-refractivity contribution is 6.30. The van der Waals surface area contributed by atoms with Gasteiger partial charge in [0.25, 0.3) is 5.91 Å². The first-order valence-corrected chi connectivity index (χ1v) is 11.3. The van der Waals surface area contributed by atoms with Crippen LogP contribution < -0.4 is 4.74 Å². The molecule has 0 unspecified atom stereocenters. The molecule has 1 atom stereocenters. The predicted molar refractivity (Wildman–Crippen MR) is 128 cm³/mol. The first-order chi connectivity index (χ1) is 15.8. The summed E-state index contributed by atoms with van der Waals surface area (Å²) in [6.45, 7) is 2.03. The monoisotopic (exact) mass is 463 g/mol. The molecule has 0 spiro atoms. The van der Waals surface area contributed by atoms with Crippen LogP contribution in [0, 0.1) is 0 Å². The van der Waals surface area contributed by atoms with Crippen molar-refractivity contribution in [2.75, 3.05) is 13.1 Å². The SMILES string of the molecule is C[C@@]1(Cc2cccc(Cl)c2)Cc2cc(C(=O)N(CCc3ccccc3)CC(=O)O)ccc2O1. The zero-order chi connectivity index (χ0) is 23.4. The molecular weight excluding hydrogens is 438 g/mol. The summed E-state index contributed by atoms with van der Waals surface area (Å²) in [5, 5.41) is 10.0. The highest BCUT2D eigenvalue weighted by atomic mass is 35.5. The van der Waals surface area contributed by atoms with Gasteiger partial charge in [0.1, 0.15) is 17.9 Å². The molecule has 5 nitrogen and oxygen atoms in total. The van der Waals surface area contributed by atoms with Crippen LogP contribution in [-0.2, 0) is 24.1 Å². The number of rotatable bonds is 8. The van der Waals surface area contributed by atoms with Crippen molar-refractivity contribution in [3.05, 3.63) is 100 Å². The Labute approximate surface area is 198 Å². The fourth-order valence-electron chi connectivity index (χ4n) is 4.34. The smallest absolute Gasteiger partial charge is 0.323 e. The summed E-state index contributed by atoms with van der Waals surface area (Å²) in [5.74, 6) is -0.570. The molecule has 4 rings (SSSR count). The van der Waals surface area contributed by atoms with Gasteiger partial charge in [0.05, 0.1) is 0 Å². The van der Waals surface area contributed by atoms with E-state index in [0.717, 1.165) is 22.4 Å². The summed E-state index contributed by atoms with van der Waals surface area (Å²) in [5.41, 5.74) is 3.12. The molecule has 0 saturated carbocycles. The molecule has 3 aromatic rings. The summed E-state index contributed by atoms with van der Waals surface area (Å²) in [6, 6.07) is 22.8. The van der Waals surface area contributed by atoms with E-state index in [2.05, 4.69) is 0 Å². The molecule has 0 aromatic heterocycles. The van der Waals surface area contributed by atoms with E-state index < -0.39 is 11.6 Å². The third-order valence-corrected chi connectivity index (χ3v) is 6.06. The van der Waals surface area contributed by atoms with E-state index in [1.165, 1.54) is 4.90 Å². The number of amides is 1. The predicted octanol–water partition coefficient (Wildman–Crippen LogP) is 5.05. The molecule has 33 heavy (non-hydrogen) atoms. The van der Waals surface area contributed by atoms with E-state index in [1.807, 2.05) is 73.7 Å². The number of aliphatic carboxylic acids is 1. The molecule has 1 heterocycles. The van der Waals surface area contributed by atoms with E-state index in [-0.39, 0.29) is 12.5 Å². The quantitative estimate of drug-likeness (QED) is 0.508. The largest absolute Gasteiger partial charge is 0.487 e. The van der Waals surface area contributed by atoms with Gasteiger partial charge in [-0.05, 0) is 60.4 Å². The Hall–Kier alpha value is -3.31. The minimum absolute atomic E-state index is 0.292. The minimum atomic E-state index is -1.03. The van der Waals surface area contributed by atoms with Crippen LogP contribution in [-0.4, -0.2) is 40.6 Å². The summed E-state index contributed by atoms with van der Waals surface area (Å²) in [7, 11) is 0. The number of carbonyl (C=O) groups is 2. The number of fused-ring (bicyclic) bond motifs is 1. The third kappa shape index (κ3) is 5.74. The maximum atomic E-state index is 13.2. The van der Waals surface area contributed by atoms with E-state index in [9.17, 15) is 14.7 Å². The Balaban J connectivity index is 1.49. The Morgan fingerprint density at radius 2 is 1.79 bits per heavy atom. The van der Waals surface area contributed by atoms with E-state index in [0.29, 0.717) is 36.4 Å². The first kappa shape index (κ1) is 22.9. The molecule has 1 N–H and O–H groups in total. The van der Waals surface area contributed by atoms with Gasteiger partial charge in [-0.25, -0.2) is 0 Å². The van der Waals surface area contributed by atoms with Crippen LogP contribution in [0.5, 0.6) is 5.75 Å². The highest BCUT2D eigenvalue weighted by Crippen LogP contribution is 2.38. The van der Waals surface area contributed by atoms with Crippen LogP contribution in [0.2, 0.25) is 5.02 Å². The van der Waals surface area contributed by atoms with Crippen LogP contribution in [0.1, 0.15) is 34.0 Å². The maximum Gasteiger partial charge on any atom is 0.323 e. The van der Waals surface area contributed by atoms with Crippen LogP contribution >= 0.6 is 11.6 Å². The topological polar surface area (TPSA) is 66.8 Å². The van der Waals surface area contributed by atoms with Crippen LogP contribution in [0.4, 0.5) is 0 Å². The standard InChI is InChI=1S/C27H26ClNO4/c1-27(16-20-8-5-9-23(28)14-20)17-22-15-21(10-11-24(22)33-27)26(32)29(18-25(30)31)13-12-19-6-3-2-4-7-19/h2-11,14-15H,12-13,16-18H2,1H3,(H,30,31)/t27-/m1/s1. The second-order valence-corrected chi connectivity index (χ2v) is 9.15. The molecule has 170 valence electrons. The molecule has 0 saturated heterocycles. The second-order valence-electron chi connectivity index (χ2n) is 8.71. The molecule has 0 bridgehead atoms. The Morgan fingerprint density at radius 1 is 1.03 bits per heavy atom. The Bertz CT molecular complexity index is 1160. The van der Waals surface area contributed by atoms with Crippen LogP contribution in [0.15, 0.2) is 72.8 Å². The fourth-order valence-corrected chi connectivity index (χ4v) is 4.55. The van der Waals surface area contributed by atoms with Crippen molar-refractivity contribution in [1.29, 1.82) is 0 Å². The van der Waals surface area contributed by atoms with E-state index in [4.69, 9.17) is 16.3 Å². The van der Waals surface area contributed by atoms with Gasteiger partial charge in [-0.2, -0.15) is 0 Å². The van der Waals surface area contributed by atoms with Crippen molar-refractivity contribution in [3.63, 3.8) is 0 Å². The first-order valence-electron chi connectivity index (χ1n) is 10.9. The van der Waals surface area contributed by atoms with Gasteiger partial charge in [0.2, 0.25) is 0 Å². The van der Waals surface area contributed by atoms with Gasteiger partial charge < -0.3 is 14.7 Å². The van der Waals surface area contributed by atoms with Gasteiger partial charge in [-0.1, -0.05) is 54.1 Å². The molecular formula is C27H26ClNO4. The summed E-state index contributed by atoms with van der Waals surface area (Å²) < 4.78 is 6.24. The summed E-state index contributed by atoms with van der Waals surface area (Å²) in [4.78, 5) is 26.0. The fraction of sp³-hybridized carbons (Fsp3) is 0.259. The van der Waals surface area contributed by atoms with Crippen molar-refractivity contribution >= 4 is 23.5 Å². The average Bonchev–Trinajstić information content (AvgIpc) is 3.11. The van der Waals surface area contributed by atoms with Gasteiger partial charge in [-0.3, -0.25) is 9.59 Å². The van der Waals surface area contributed by atoms with Crippen molar-refractivity contribution in [2.45, 2.75) is 31.8 Å². The number of benzene rings is 3. The number of ether oxygens (including phenoxy) is 1. The lowest BCUT2D eigenvalue weighted by atomic mass is 9.91. The number of carboxylic acid groups (broad SMARTS) is 1. The number of carboxylic acids is 1. The van der Waals surface area contributed by atoms with Crippen LogP contribution in [0.3, 0.4) is 0 Å². The third-order valence-electron chi connectivity index (χ3n) is 5.82. The Kier molecular flexibility index (Phi) is 6.70. The zero-order valence-electron chi connectivity index (χ0n) is 18.5. The van der Waals surface area contributed by atoms with Gasteiger partial charge in [-0.15, -0.1) is 0 Å². The second kappa shape index (κ2) is 9.67. The van der Waals surface area contributed by atoms with Crippen molar-refractivity contribution in [2.24, 2.45) is 0 Å².